The fourth-order valence-corrected chi connectivity index (χ4v) is 2.94. The van der Waals surface area contributed by atoms with Crippen LogP contribution in [0.4, 0.5) is 0 Å². The Kier molecular flexibility index (Phi) is 5.17. The van der Waals surface area contributed by atoms with E-state index in [9.17, 15) is 4.79 Å². The van der Waals surface area contributed by atoms with Gasteiger partial charge in [-0.3, -0.25) is 9.48 Å². The zero-order valence-corrected chi connectivity index (χ0v) is 12.9. The molecule has 5 nitrogen and oxygen atoms in total. The van der Waals surface area contributed by atoms with Crippen molar-refractivity contribution in [1.82, 2.24) is 20.0 Å². The van der Waals surface area contributed by atoms with Gasteiger partial charge in [0.15, 0.2) is 0 Å². The molecule has 0 radical (unpaired) electrons. The highest BCUT2D eigenvalue weighted by molar-refractivity contribution is 5.95. The van der Waals surface area contributed by atoms with Gasteiger partial charge in [-0.15, -0.1) is 0 Å². The van der Waals surface area contributed by atoms with Gasteiger partial charge in [0.05, 0.1) is 11.3 Å². The summed E-state index contributed by atoms with van der Waals surface area (Å²) in [5, 5.41) is 7.76. The number of carbonyl (C=O) groups is 1. The second-order valence-electron chi connectivity index (χ2n) is 5.50. The van der Waals surface area contributed by atoms with Crippen molar-refractivity contribution in [3.05, 3.63) is 17.5 Å². The Morgan fingerprint density at radius 1 is 1.45 bits per heavy atom. The molecule has 1 fully saturated rings. The summed E-state index contributed by atoms with van der Waals surface area (Å²) in [4.78, 5) is 14.9. The summed E-state index contributed by atoms with van der Waals surface area (Å²) in [6.45, 7) is 7.03. The standard InChI is InChI=1S/C15H26N4O/c1-4-10-19(12-6-8-16-9-7-12)15(20)13-11-18(3)17-14(13)5-2/h11-12,16H,4-10H2,1-3H3. The van der Waals surface area contributed by atoms with Crippen LogP contribution in [0.2, 0.25) is 0 Å². The van der Waals surface area contributed by atoms with E-state index in [1.165, 1.54) is 0 Å². The number of nitrogens with one attached hydrogen (secondary N) is 1. The summed E-state index contributed by atoms with van der Waals surface area (Å²) in [6, 6.07) is 0.369. The lowest BCUT2D eigenvalue weighted by Crippen LogP contribution is -2.46. The third kappa shape index (κ3) is 3.20. The molecule has 112 valence electrons. The Morgan fingerprint density at radius 2 is 2.15 bits per heavy atom. The highest BCUT2D eigenvalue weighted by Gasteiger charge is 2.27. The van der Waals surface area contributed by atoms with Gasteiger partial charge < -0.3 is 10.2 Å². The van der Waals surface area contributed by atoms with Crippen LogP contribution in [0, 0.1) is 0 Å². The van der Waals surface area contributed by atoms with Crippen LogP contribution in [-0.2, 0) is 13.5 Å². The molecule has 1 N–H and O–H groups in total. The van der Waals surface area contributed by atoms with E-state index in [0.717, 1.165) is 56.6 Å². The fourth-order valence-electron chi connectivity index (χ4n) is 2.94. The molecule has 2 heterocycles. The first-order chi connectivity index (χ1) is 9.67. The van der Waals surface area contributed by atoms with Crippen molar-refractivity contribution in [3.8, 4) is 0 Å². The summed E-state index contributed by atoms with van der Waals surface area (Å²) in [5.74, 6) is 0.156. The fraction of sp³-hybridized carbons (Fsp3) is 0.733. The van der Waals surface area contributed by atoms with Gasteiger partial charge >= 0.3 is 0 Å². The van der Waals surface area contributed by atoms with E-state index in [0.29, 0.717) is 6.04 Å². The Hall–Kier alpha value is -1.36. The predicted molar refractivity (Wildman–Crippen MR) is 79.8 cm³/mol. The Morgan fingerprint density at radius 3 is 2.75 bits per heavy atom. The molecule has 2 rings (SSSR count). The predicted octanol–water partition coefficient (Wildman–Crippen LogP) is 1.59. The smallest absolute Gasteiger partial charge is 0.257 e. The van der Waals surface area contributed by atoms with Crippen LogP contribution in [0.5, 0.6) is 0 Å². The van der Waals surface area contributed by atoms with Crippen molar-refractivity contribution in [2.75, 3.05) is 19.6 Å². The SMILES string of the molecule is CCCN(C(=O)c1cn(C)nc1CC)C1CCNCC1. The van der Waals surface area contributed by atoms with Crippen LogP contribution in [0.25, 0.3) is 0 Å². The topological polar surface area (TPSA) is 50.2 Å². The first-order valence-corrected chi connectivity index (χ1v) is 7.71. The lowest BCUT2D eigenvalue weighted by Gasteiger charge is -2.34. The molecule has 0 aromatic carbocycles. The van der Waals surface area contributed by atoms with Crippen LogP contribution in [-0.4, -0.2) is 46.3 Å². The summed E-state index contributed by atoms with van der Waals surface area (Å²) < 4.78 is 1.75. The van der Waals surface area contributed by atoms with Gasteiger partial charge in [0.1, 0.15) is 0 Å². The zero-order chi connectivity index (χ0) is 14.5. The molecular weight excluding hydrogens is 252 g/mol. The second kappa shape index (κ2) is 6.88. The van der Waals surface area contributed by atoms with Crippen molar-refractivity contribution in [2.24, 2.45) is 7.05 Å². The molecule has 1 aliphatic heterocycles. The zero-order valence-electron chi connectivity index (χ0n) is 12.9. The number of aryl methyl sites for hydroxylation is 2. The highest BCUT2D eigenvalue weighted by atomic mass is 16.2. The van der Waals surface area contributed by atoms with Gasteiger partial charge in [0.25, 0.3) is 5.91 Å². The summed E-state index contributed by atoms with van der Waals surface area (Å²) in [5.41, 5.74) is 1.69. The molecule has 1 aromatic rings. The molecule has 1 aromatic heterocycles. The molecule has 20 heavy (non-hydrogen) atoms. The minimum atomic E-state index is 0.156. The first-order valence-electron chi connectivity index (χ1n) is 7.71. The third-order valence-electron chi connectivity index (χ3n) is 3.95. The molecule has 0 unspecified atom stereocenters. The number of aromatic nitrogens is 2. The maximum Gasteiger partial charge on any atom is 0.257 e. The maximum absolute atomic E-state index is 12.9. The number of piperidine rings is 1. The van der Waals surface area contributed by atoms with Gasteiger partial charge in [0, 0.05) is 25.8 Å². The van der Waals surface area contributed by atoms with Crippen LogP contribution >= 0.6 is 0 Å². The van der Waals surface area contributed by atoms with E-state index >= 15 is 0 Å². The largest absolute Gasteiger partial charge is 0.335 e. The molecule has 5 heteroatoms. The molecule has 0 saturated carbocycles. The molecule has 1 aliphatic rings. The van der Waals surface area contributed by atoms with Crippen molar-refractivity contribution in [1.29, 1.82) is 0 Å². The molecule has 0 atom stereocenters. The number of hydrogen-bond acceptors (Lipinski definition) is 3. The second-order valence-corrected chi connectivity index (χ2v) is 5.50. The molecule has 1 saturated heterocycles. The van der Waals surface area contributed by atoms with Crippen LogP contribution in [0.3, 0.4) is 0 Å². The Bertz CT molecular complexity index is 449. The van der Waals surface area contributed by atoms with Crippen LogP contribution in [0.1, 0.15) is 49.2 Å². The first kappa shape index (κ1) is 15.0. The van der Waals surface area contributed by atoms with Crippen molar-refractivity contribution >= 4 is 5.91 Å². The van der Waals surface area contributed by atoms with Crippen molar-refractivity contribution in [2.45, 2.75) is 45.6 Å². The van der Waals surface area contributed by atoms with E-state index in [-0.39, 0.29) is 5.91 Å². The lowest BCUT2D eigenvalue weighted by atomic mass is 10.0. The van der Waals surface area contributed by atoms with E-state index in [1.54, 1.807) is 4.68 Å². The summed E-state index contributed by atoms with van der Waals surface area (Å²) in [6.07, 6.45) is 5.76. The Balaban J connectivity index is 2.20. The highest BCUT2D eigenvalue weighted by Crippen LogP contribution is 2.18. The number of rotatable bonds is 5. The molecule has 0 aliphatic carbocycles. The molecular formula is C15H26N4O. The average molecular weight is 278 g/mol. The third-order valence-corrected chi connectivity index (χ3v) is 3.95. The maximum atomic E-state index is 12.9. The van der Waals surface area contributed by atoms with Gasteiger partial charge in [-0.1, -0.05) is 13.8 Å². The summed E-state index contributed by atoms with van der Waals surface area (Å²) >= 11 is 0. The van der Waals surface area contributed by atoms with E-state index in [2.05, 4.69) is 22.2 Å². The van der Waals surface area contributed by atoms with Gasteiger partial charge in [-0.05, 0) is 38.8 Å². The summed E-state index contributed by atoms with van der Waals surface area (Å²) in [7, 11) is 1.88. The Labute approximate surface area is 121 Å². The van der Waals surface area contributed by atoms with Crippen LogP contribution < -0.4 is 5.32 Å². The van der Waals surface area contributed by atoms with Crippen molar-refractivity contribution in [3.63, 3.8) is 0 Å². The van der Waals surface area contributed by atoms with E-state index in [1.807, 2.05) is 20.2 Å². The van der Waals surface area contributed by atoms with E-state index < -0.39 is 0 Å². The quantitative estimate of drug-likeness (QED) is 0.890. The van der Waals surface area contributed by atoms with Gasteiger partial charge in [-0.2, -0.15) is 5.10 Å². The molecule has 0 bridgehead atoms. The number of amides is 1. The van der Waals surface area contributed by atoms with Gasteiger partial charge in [-0.25, -0.2) is 0 Å². The molecule has 0 spiro atoms. The minimum absolute atomic E-state index is 0.156. The number of hydrogen-bond donors (Lipinski definition) is 1. The molecule has 1 amide bonds. The van der Waals surface area contributed by atoms with Crippen LogP contribution in [0.15, 0.2) is 6.20 Å². The minimum Gasteiger partial charge on any atom is -0.335 e. The normalized spacial score (nSPS) is 16.4. The lowest BCUT2D eigenvalue weighted by molar-refractivity contribution is 0.0641. The van der Waals surface area contributed by atoms with Crippen molar-refractivity contribution < 1.29 is 4.79 Å². The van der Waals surface area contributed by atoms with Gasteiger partial charge in [0.2, 0.25) is 0 Å². The number of carbonyl (C=O) groups excluding carboxylic acids is 1. The number of nitrogens with zero attached hydrogens (tertiary/aromatic N) is 3. The monoisotopic (exact) mass is 278 g/mol. The van der Waals surface area contributed by atoms with E-state index in [4.69, 9.17) is 0 Å². The average Bonchev–Trinajstić information content (AvgIpc) is 2.86.